The Morgan fingerprint density at radius 3 is 2.23 bits per heavy atom. The lowest BCUT2D eigenvalue weighted by molar-refractivity contribution is -0.385. The highest BCUT2D eigenvalue weighted by atomic mass is 32.2. The van der Waals surface area contributed by atoms with Gasteiger partial charge in [0.2, 0.25) is 10.0 Å². The molecule has 0 fully saturated rings. The van der Waals surface area contributed by atoms with E-state index in [2.05, 4.69) is 10.9 Å². The molecule has 0 aromatic heterocycles. The minimum atomic E-state index is -3.76. The molecule has 2 amide bonds. The van der Waals surface area contributed by atoms with Crippen molar-refractivity contribution in [3.8, 4) is 0 Å². The maximum absolute atomic E-state index is 12.6. The molecule has 0 bridgehead atoms. The van der Waals surface area contributed by atoms with Gasteiger partial charge in [0.15, 0.2) is 0 Å². The van der Waals surface area contributed by atoms with Crippen molar-refractivity contribution in [3.05, 3.63) is 69.3 Å². The predicted octanol–water partition coefficient (Wildman–Crippen LogP) is 2.01. The SMILES string of the molecule is CCN(CC)S(=O)(=O)c1cccc(C(=O)NNC(=O)c2cccc(C)c2[N+](=O)[O-])c1. The molecule has 0 atom stereocenters. The number of nitro benzene ring substituents is 1. The molecule has 160 valence electrons. The molecule has 2 aromatic rings. The van der Waals surface area contributed by atoms with Gasteiger partial charge < -0.3 is 0 Å². The van der Waals surface area contributed by atoms with Gasteiger partial charge in [-0.3, -0.25) is 30.6 Å². The molecule has 30 heavy (non-hydrogen) atoms. The first-order valence-corrected chi connectivity index (χ1v) is 10.5. The summed E-state index contributed by atoms with van der Waals surface area (Å²) in [5.41, 5.74) is 4.00. The minimum Gasteiger partial charge on any atom is -0.267 e. The number of hydrogen-bond donors (Lipinski definition) is 2. The highest BCUT2D eigenvalue weighted by molar-refractivity contribution is 7.89. The molecule has 11 heteroatoms. The average Bonchev–Trinajstić information content (AvgIpc) is 2.72. The molecule has 0 aliphatic rings. The highest BCUT2D eigenvalue weighted by Gasteiger charge is 2.24. The fraction of sp³-hybridized carbons (Fsp3) is 0.263. The lowest BCUT2D eigenvalue weighted by atomic mass is 10.1. The Balaban J connectivity index is 2.20. The molecular formula is C19H22N4O6S. The van der Waals surface area contributed by atoms with E-state index in [4.69, 9.17) is 0 Å². The molecule has 10 nitrogen and oxygen atoms in total. The predicted molar refractivity (Wildman–Crippen MR) is 109 cm³/mol. The van der Waals surface area contributed by atoms with Gasteiger partial charge in [0.05, 0.1) is 9.82 Å². The number of rotatable bonds is 7. The first kappa shape index (κ1) is 23.0. The van der Waals surface area contributed by atoms with Crippen molar-refractivity contribution in [3.63, 3.8) is 0 Å². The molecule has 0 saturated carbocycles. The Bertz CT molecular complexity index is 1080. The number of nitrogens with one attached hydrogen (secondary N) is 2. The monoisotopic (exact) mass is 434 g/mol. The van der Waals surface area contributed by atoms with Crippen molar-refractivity contribution < 1.29 is 22.9 Å². The maximum atomic E-state index is 12.6. The third-order valence-corrected chi connectivity index (χ3v) is 6.44. The number of benzene rings is 2. The first-order chi connectivity index (χ1) is 14.1. The van der Waals surface area contributed by atoms with Crippen LogP contribution in [0.2, 0.25) is 0 Å². The minimum absolute atomic E-state index is 0.00210. The summed E-state index contributed by atoms with van der Waals surface area (Å²) < 4.78 is 26.5. The summed E-state index contributed by atoms with van der Waals surface area (Å²) in [6, 6.07) is 9.62. The summed E-state index contributed by atoms with van der Waals surface area (Å²) in [4.78, 5) is 35.2. The van der Waals surface area contributed by atoms with Gasteiger partial charge >= 0.3 is 0 Å². The van der Waals surface area contributed by atoms with E-state index in [1.165, 1.54) is 53.7 Å². The van der Waals surface area contributed by atoms with E-state index in [0.717, 1.165) is 0 Å². The number of amides is 2. The second kappa shape index (κ2) is 9.46. The molecule has 0 aliphatic carbocycles. The second-order valence-corrected chi connectivity index (χ2v) is 8.19. The quantitative estimate of drug-likeness (QED) is 0.505. The third kappa shape index (κ3) is 4.81. The maximum Gasteiger partial charge on any atom is 0.285 e. The van der Waals surface area contributed by atoms with E-state index in [1.807, 2.05) is 0 Å². The summed E-state index contributed by atoms with van der Waals surface area (Å²) >= 11 is 0. The molecule has 0 spiro atoms. The lowest BCUT2D eigenvalue weighted by Gasteiger charge is -2.18. The number of para-hydroxylation sites is 1. The van der Waals surface area contributed by atoms with Crippen molar-refractivity contribution in [2.45, 2.75) is 25.7 Å². The Morgan fingerprint density at radius 2 is 1.63 bits per heavy atom. The van der Waals surface area contributed by atoms with Crippen LogP contribution in [0.25, 0.3) is 0 Å². The van der Waals surface area contributed by atoms with Crippen LogP contribution in [0.5, 0.6) is 0 Å². The molecular weight excluding hydrogens is 412 g/mol. The molecule has 0 radical (unpaired) electrons. The number of hydrogen-bond acceptors (Lipinski definition) is 6. The number of nitro groups is 1. The van der Waals surface area contributed by atoms with Gasteiger partial charge in [-0.1, -0.05) is 32.0 Å². The molecule has 0 aliphatic heterocycles. The zero-order valence-corrected chi connectivity index (χ0v) is 17.5. The Kier molecular flexibility index (Phi) is 7.24. The van der Waals surface area contributed by atoms with Crippen LogP contribution in [-0.2, 0) is 10.0 Å². The molecule has 0 saturated heterocycles. The first-order valence-electron chi connectivity index (χ1n) is 9.08. The summed E-state index contributed by atoms with van der Waals surface area (Å²) in [5.74, 6) is -1.64. The van der Waals surface area contributed by atoms with Gasteiger partial charge in [-0.2, -0.15) is 4.31 Å². The van der Waals surface area contributed by atoms with Gasteiger partial charge in [0, 0.05) is 24.2 Å². The summed E-state index contributed by atoms with van der Waals surface area (Å²) in [6.45, 7) is 5.46. The largest absolute Gasteiger partial charge is 0.285 e. The average molecular weight is 434 g/mol. The van der Waals surface area contributed by atoms with Crippen LogP contribution < -0.4 is 10.9 Å². The topological polar surface area (TPSA) is 139 Å². The van der Waals surface area contributed by atoms with Crippen molar-refractivity contribution in [1.29, 1.82) is 0 Å². The second-order valence-electron chi connectivity index (χ2n) is 6.25. The van der Waals surface area contributed by atoms with Gasteiger partial charge in [0.25, 0.3) is 17.5 Å². The number of nitrogens with zero attached hydrogens (tertiary/aromatic N) is 2. The Hall–Kier alpha value is -3.31. The van der Waals surface area contributed by atoms with Crippen LogP contribution >= 0.6 is 0 Å². The normalized spacial score (nSPS) is 11.2. The van der Waals surface area contributed by atoms with Crippen LogP contribution in [0, 0.1) is 17.0 Å². The van der Waals surface area contributed by atoms with Crippen molar-refractivity contribution in [2.24, 2.45) is 0 Å². The highest BCUT2D eigenvalue weighted by Crippen LogP contribution is 2.22. The van der Waals surface area contributed by atoms with E-state index >= 15 is 0 Å². The molecule has 2 aromatic carbocycles. The van der Waals surface area contributed by atoms with Crippen LogP contribution in [0.4, 0.5) is 5.69 Å². The third-order valence-electron chi connectivity index (χ3n) is 4.39. The Labute approximate surface area is 174 Å². The van der Waals surface area contributed by atoms with Crippen molar-refractivity contribution in [2.75, 3.05) is 13.1 Å². The van der Waals surface area contributed by atoms with E-state index in [1.54, 1.807) is 13.8 Å². The summed E-state index contributed by atoms with van der Waals surface area (Å²) in [6.07, 6.45) is 0. The lowest BCUT2D eigenvalue weighted by Crippen LogP contribution is -2.42. The summed E-state index contributed by atoms with van der Waals surface area (Å²) in [7, 11) is -3.76. The van der Waals surface area contributed by atoms with E-state index in [-0.39, 0.29) is 34.8 Å². The standard InChI is InChI=1S/C19H22N4O6S/c1-4-22(5-2)30(28,29)15-10-7-9-14(12-15)18(24)20-21-19(25)16-11-6-8-13(3)17(16)23(26)27/h6-12H,4-5H2,1-3H3,(H,20,24)(H,21,25). The Morgan fingerprint density at radius 1 is 1.03 bits per heavy atom. The number of aryl methyl sites for hydroxylation is 1. The van der Waals surface area contributed by atoms with Crippen molar-refractivity contribution >= 4 is 27.5 Å². The fourth-order valence-corrected chi connectivity index (χ4v) is 4.35. The zero-order chi connectivity index (χ0) is 22.5. The fourth-order valence-electron chi connectivity index (χ4n) is 2.85. The molecule has 2 rings (SSSR count). The van der Waals surface area contributed by atoms with Crippen LogP contribution in [-0.4, -0.2) is 42.6 Å². The van der Waals surface area contributed by atoms with E-state index in [9.17, 15) is 28.1 Å². The van der Waals surface area contributed by atoms with Crippen molar-refractivity contribution in [1.82, 2.24) is 15.2 Å². The van der Waals surface area contributed by atoms with Gasteiger partial charge in [0.1, 0.15) is 5.56 Å². The smallest absolute Gasteiger partial charge is 0.267 e. The van der Waals surface area contributed by atoms with E-state index < -0.39 is 26.8 Å². The number of hydrazine groups is 1. The zero-order valence-electron chi connectivity index (χ0n) is 16.7. The summed E-state index contributed by atoms with van der Waals surface area (Å²) in [5, 5.41) is 11.2. The van der Waals surface area contributed by atoms with E-state index in [0.29, 0.717) is 5.56 Å². The van der Waals surface area contributed by atoms with Gasteiger partial charge in [-0.15, -0.1) is 0 Å². The molecule has 0 unspecified atom stereocenters. The van der Waals surface area contributed by atoms with Gasteiger partial charge in [-0.25, -0.2) is 8.42 Å². The van der Waals surface area contributed by atoms with Crippen LogP contribution in [0.3, 0.4) is 0 Å². The number of carbonyl (C=O) groups is 2. The molecule has 2 N–H and O–H groups in total. The van der Waals surface area contributed by atoms with Gasteiger partial charge in [-0.05, 0) is 31.2 Å². The number of carbonyl (C=O) groups excluding carboxylic acids is 2. The van der Waals surface area contributed by atoms with Crippen LogP contribution in [0.15, 0.2) is 47.4 Å². The van der Waals surface area contributed by atoms with Crippen LogP contribution in [0.1, 0.15) is 40.1 Å². The number of sulfonamides is 1. The molecule has 0 heterocycles.